The topological polar surface area (TPSA) is 44.1 Å². The van der Waals surface area contributed by atoms with Gasteiger partial charge < -0.3 is 4.74 Å². The van der Waals surface area contributed by atoms with Gasteiger partial charge in [0, 0.05) is 5.39 Å². The van der Waals surface area contributed by atoms with Crippen molar-refractivity contribution in [2.24, 2.45) is 0 Å². The van der Waals surface area contributed by atoms with Crippen LogP contribution in [0.25, 0.3) is 15.9 Å². The van der Waals surface area contributed by atoms with Gasteiger partial charge in [-0.2, -0.15) is 18.3 Å². The Morgan fingerprint density at radius 1 is 1.13 bits per heavy atom. The molecule has 0 radical (unpaired) electrons. The van der Waals surface area contributed by atoms with E-state index in [2.05, 4.69) is 5.10 Å². The number of ether oxygens (including phenoxy) is 1. The van der Waals surface area contributed by atoms with Crippen LogP contribution in [0.3, 0.4) is 0 Å². The Hall–Kier alpha value is -3.20. The van der Waals surface area contributed by atoms with Crippen LogP contribution in [-0.2, 0) is 17.5 Å². The van der Waals surface area contributed by atoms with Crippen LogP contribution in [0.4, 0.5) is 17.6 Å². The van der Waals surface area contributed by atoms with Crippen LogP contribution >= 0.6 is 11.3 Å². The summed E-state index contributed by atoms with van der Waals surface area (Å²) in [6.45, 7) is 1.51. The third-order valence-electron chi connectivity index (χ3n) is 4.44. The van der Waals surface area contributed by atoms with Crippen molar-refractivity contribution in [2.45, 2.75) is 19.7 Å². The predicted molar refractivity (Wildman–Crippen MR) is 104 cm³/mol. The van der Waals surface area contributed by atoms with Crippen LogP contribution in [0.1, 0.15) is 26.5 Å². The van der Waals surface area contributed by atoms with Gasteiger partial charge in [0.15, 0.2) is 0 Å². The van der Waals surface area contributed by atoms with Gasteiger partial charge in [-0.1, -0.05) is 12.1 Å². The Bertz CT molecular complexity index is 1230. The van der Waals surface area contributed by atoms with Crippen molar-refractivity contribution in [3.05, 3.63) is 82.1 Å². The van der Waals surface area contributed by atoms with E-state index < -0.39 is 17.7 Å². The quantitative estimate of drug-likeness (QED) is 0.296. The van der Waals surface area contributed by atoms with Gasteiger partial charge >= 0.3 is 12.1 Å². The highest BCUT2D eigenvalue weighted by molar-refractivity contribution is 7.20. The molecule has 4 rings (SSSR count). The molecule has 0 spiro atoms. The largest absolute Gasteiger partial charge is 0.457 e. The third-order valence-corrected chi connectivity index (χ3v) is 5.53. The van der Waals surface area contributed by atoms with Crippen LogP contribution in [0.15, 0.2) is 54.6 Å². The second kappa shape index (κ2) is 7.56. The zero-order chi connectivity index (χ0) is 21.5. The average molecular weight is 434 g/mol. The van der Waals surface area contributed by atoms with Gasteiger partial charge in [-0.25, -0.2) is 13.9 Å². The van der Waals surface area contributed by atoms with Crippen molar-refractivity contribution in [1.82, 2.24) is 9.78 Å². The monoisotopic (exact) mass is 434 g/mol. The van der Waals surface area contributed by atoms with Crippen molar-refractivity contribution in [2.75, 3.05) is 0 Å². The highest BCUT2D eigenvalue weighted by atomic mass is 32.1. The number of benzene rings is 2. The van der Waals surface area contributed by atoms with Crippen molar-refractivity contribution in [1.29, 1.82) is 0 Å². The molecule has 4 aromatic rings. The number of fused-ring (bicyclic) bond motifs is 1. The number of thiophene rings is 1. The molecule has 2 aromatic heterocycles. The zero-order valence-electron chi connectivity index (χ0n) is 15.5. The van der Waals surface area contributed by atoms with Gasteiger partial charge in [-0.15, -0.1) is 11.3 Å². The predicted octanol–water partition coefficient (Wildman–Crippen LogP) is 5.91. The Morgan fingerprint density at radius 3 is 2.57 bits per heavy atom. The fraction of sp³-hybridized carbons (Fsp3) is 0.143. The van der Waals surface area contributed by atoms with E-state index in [0.29, 0.717) is 21.1 Å². The second-order valence-corrected chi connectivity index (χ2v) is 7.61. The summed E-state index contributed by atoms with van der Waals surface area (Å²) in [7, 11) is 0. The normalized spacial score (nSPS) is 11.8. The molecule has 0 N–H and O–H groups in total. The number of halogens is 4. The molecule has 2 aromatic carbocycles. The number of carbonyl (C=O) groups excluding carboxylic acids is 1. The average Bonchev–Trinajstić information content (AvgIpc) is 3.27. The number of aromatic nitrogens is 2. The van der Waals surface area contributed by atoms with Crippen LogP contribution in [0, 0.1) is 12.7 Å². The number of esters is 1. The van der Waals surface area contributed by atoms with E-state index in [1.54, 1.807) is 29.8 Å². The molecule has 9 heteroatoms. The maximum atomic E-state index is 13.2. The van der Waals surface area contributed by atoms with Gasteiger partial charge in [0.1, 0.15) is 22.1 Å². The molecular formula is C21H14F4N2O2S. The Morgan fingerprint density at radius 2 is 1.87 bits per heavy atom. The Labute approximate surface area is 172 Å². The lowest BCUT2D eigenvalue weighted by Crippen LogP contribution is -2.07. The first-order valence-corrected chi connectivity index (χ1v) is 9.62. The van der Waals surface area contributed by atoms with E-state index in [0.717, 1.165) is 28.9 Å². The number of alkyl halides is 3. The molecule has 30 heavy (non-hydrogen) atoms. The molecule has 0 aliphatic carbocycles. The lowest BCUT2D eigenvalue weighted by atomic mass is 10.1. The molecule has 0 fully saturated rings. The molecule has 2 heterocycles. The summed E-state index contributed by atoms with van der Waals surface area (Å²) < 4.78 is 58.5. The lowest BCUT2D eigenvalue weighted by Gasteiger charge is -2.09. The second-order valence-electron chi connectivity index (χ2n) is 6.58. The molecule has 4 nitrogen and oxygen atoms in total. The number of hydrogen-bond acceptors (Lipinski definition) is 4. The molecule has 0 saturated carbocycles. The summed E-state index contributed by atoms with van der Waals surface area (Å²) in [5.74, 6) is -1.01. The molecule has 0 bridgehead atoms. The maximum absolute atomic E-state index is 13.2. The van der Waals surface area contributed by atoms with E-state index in [4.69, 9.17) is 4.74 Å². The number of nitrogens with zero attached hydrogens (tertiary/aromatic N) is 2. The number of hydrogen-bond donors (Lipinski definition) is 0. The summed E-state index contributed by atoms with van der Waals surface area (Å²) >= 11 is 1.15. The van der Waals surface area contributed by atoms with E-state index in [1.807, 2.05) is 0 Å². The standard InChI is InChI=1S/C21H14F4N2O2S/c1-12-17-10-18(30-19(17)27(26-12)16-7-5-15(22)6-8-16)20(28)29-11-13-3-2-4-14(9-13)21(23,24)25/h2-10H,11H2,1H3. The van der Waals surface area contributed by atoms with Crippen LogP contribution in [0.5, 0.6) is 0 Å². The van der Waals surface area contributed by atoms with Crippen molar-refractivity contribution < 1.29 is 27.1 Å². The van der Waals surface area contributed by atoms with Gasteiger partial charge in [0.25, 0.3) is 0 Å². The molecule has 0 unspecified atom stereocenters. The number of aryl methyl sites for hydroxylation is 1. The molecule has 154 valence electrons. The van der Waals surface area contributed by atoms with Gasteiger partial charge in [0.2, 0.25) is 0 Å². The molecule has 0 saturated heterocycles. The zero-order valence-corrected chi connectivity index (χ0v) is 16.4. The molecule has 0 aliphatic rings. The first-order chi connectivity index (χ1) is 14.2. The van der Waals surface area contributed by atoms with E-state index >= 15 is 0 Å². The first kappa shape index (κ1) is 20.1. The highest BCUT2D eigenvalue weighted by Crippen LogP contribution is 2.32. The summed E-state index contributed by atoms with van der Waals surface area (Å²) in [6, 6.07) is 12.1. The highest BCUT2D eigenvalue weighted by Gasteiger charge is 2.30. The minimum Gasteiger partial charge on any atom is -0.457 e. The van der Waals surface area contributed by atoms with Gasteiger partial charge in [-0.3, -0.25) is 0 Å². The summed E-state index contributed by atoms with van der Waals surface area (Å²) in [5, 5.41) is 5.17. The minimum absolute atomic E-state index is 0.243. The van der Waals surface area contributed by atoms with Crippen LogP contribution < -0.4 is 0 Å². The maximum Gasteiger partial charge on any atom is 0.416 e. The Kier molecular flexibility index (Phi) is 5.07. The number of carbonyl (C=O) groups is 1. The van der Waals surface area contributed by atoms with Crippen LogP contribution in [-0.4, -0.2) is 15.7 Å². The van der Waals surface area contributed by atoms with E-state index in [9.17, 15) is 22.4 Å². The summed E-state index contributed by atoms with van der Waals surface area (Å²) in [6.07, 6.45) is -4.46. The first-order valence-electron chi connectivity index (χ1n) is 8.81. The van der Waals surface area contributed by atoms with Gasteiger partial charge in [-0.05, 0) is 55.0 Å². The molecular weight excluding hydrogens is 420 g/mol. The molecule has 0 atom stereocenters. The summed E-state index contributed by atoms with van der Waals surface area (Å²) in [4.78, 5) is 13.4. The third kappa shape index (κ3) is 3.93. The Balaban J connectivity index is 1.56. The minimum atomic E-state index is -4.46. The van der Waals surface area contributed by atoms with E-state index in [1.165, 1.54) is 24.3 Å². The van der Waals surface area contributed by atoms with Crippen molar-refractivity contribution >= 4 is 27.5 Å². The molecule has 0 aliphatic heterocycles. The number of rotatable bonds is 4. The van der Waals surface area contributed by atoms with Crippen molar-refractivity contribution in [3.63, 3.8) is 0 Å². The van der Waals surface area contributed by atoms with Gasteiger partial charge in [0.05, 0.1) is 16.9 Å². The van der Waals surface area contributed by atoms with E-state index in [-0.39, 0.29) is 18.0 Å². The molecule has 0 amide bonds. The summed E-state index contributed by atoms with van der Waals surface area (Å²) in [5.41, 5.74) is 0.767. The smallest absolute Gasteiger partial charge is 0.416 e. The fourth-order valence-electron chi connectivity index (χ4n) is 2.96. The lowest BCUT2D eigenvalue weighted by molar-refractivity contribution is -0.137. The van der Waals surface area contributed by atoms with Crippen LogP contribution in [0.2, 0.25) is 0 Å². The fourth-order valence-corrected chi connectivity index (χ4v) is 4.04. The SMILES string of the molecule is Cc1nn(-c2ccc(F)cc2)c2sc(C(=O)OCc3cccc(C(F)(F)F)c3)cc12. The van der Waals surface area contributed by atoms with Crippen molar-refractivity contribution in [3.8, 4) is 5.69 Å².